The van der Waals surface area contributed by atoms with Crippen LogP contribution >= 0.6 is 0 Å². The lowest BCUT2D eigenvalue weighted by Crippen LogP contribution is -2.48. The van der Waals surface area contributed by atoms with Crippen LogP contribution in [-0.2, 0) is 11.2 Å². The summed E-state index contributed by atoms with van der Waals surface area (Å²) in [4.78, 5) is 16.8. The fraction of sp³-hybridized carbons (Fsp3) is 0.632. The van der Waals surface area contributed by atoms with Gasteiger partial charge in [-0.05, 0) is 56.5 Å². The Morgan fingerprint density at radius 2 is 2.08 bits per heavy atom. The van der Waals surface area contributed by atoms with Crippen LogP contribution in [0, 0.1) is 0 Å². The van der Waals surface area contributed by atoms with Gasteiger partial charge in [-0.15, -0.1) is 0 Å². The highest BCUT2D eigenvalue weighted by molar-refractivity contribution is 5.79. The van der Waals surface area contributed by atoms with Gasteiger partial charge < -0.3 is 14.7 Å². The van der Waals surface area contributed by atoms with Crippen molar-refractivity contribution in [2.45, 2.75) is 50.3 Å². The van der Waals surface area contributed by atoms with Gasteiger partial charge in [-0.3, -0.25) is 9.69 Å². The Kier molecular flexibility index (Phi) is 5.41. The summed E-state index contributed by atoms with van der Waals surface area (Å²) in [6, 6.07) is 7.74. The molecule has 5 heteroatoms. The molecule has 5 nitrogen and oxygen atoms in total. The van der Waals surface area contributed by atoms with Crippen LogP contribution in [-0.4, -0.2) is 66.2 Å². The average Bonchev–Trinajstić information content (AvgIpc) is 3.23. The van der Waals surface area contributed by atoms with E-state index in [-0.39, 0.29) is 18.0 Å². The predicted molar refractivity (Wildman–Crippen MR) is 93.1 cm³/mol. The van der Waals surface area contributed by atoms with Crippen LogP contribution < -0.4 is 4.74 Å². The van der Waals surface area contributed by atoms with Gasteiger partial charge >= 0.3 is 0 Å². The van der Waals surface area contributed by atoms with E-state index in [9.17, 15) is 9.90 Å². The molecule has 1 aromatic rings. The Labute approximate surface area is 144 Å². The molecule has 132 valence electrons. The number of likely N-dealkylation sites (tertiary alicyclic amines) is 1. The van der Waals surface area contributed by atoms with Gasteiger partial charge in [-0.1, -0.05) is 12.1 Å². The number of rotatable bonds is 5. The van der Waals surface area contributed by atoms with E-state index in [1.807, 2.05) is 31.3 Å². The Balaban J connectivity index is 1.60. The van der Waals surface area contributed by atoms with E-state index in [0.717, 1.165) is 37.2 Å². The van der Waals surface area contributed by atoms with Crippen LogP contribution in [0.15, 0.2) is 24.3 Å². The maximum atomic E-state index is 12.6. The zero-order valence-corrected chi connectivity index (χ0v) is 14.6. The van der Waals surface area contributed by atoms with Crippen LogP contribution in [0.25, 0.3) is 0 Å². The average molecular weight is 332 g/mol. The first kappa shape index (κ1) is 17.2. The molecule has 1 saturated heterocycles. The van der Waals surface area contributed by atoms with Crippen molar-refractivity contribution in [3.63, 3.8) is 0 Å². The molecule has 1 N–H and O–H groups in total. The summed E-state index contributed by atoms with van der Waals surface area (Å²) in [6.07, 6.45) is 4.19. The molecule has 0 spiro atoms. The zero-order valence-electron chi connectivity index (χ0n) is 14.6. The summed E-state index contributed by atoms with van der Waals surface area (Å²) >= 11 is 0. The first-order chi connectivity index (χ1) is 11.6. The number of benzene rings is 1. The lowest BCUT2D eigenvalue weighted by molar-refractivity contribution is -0.133. The van der Waals surface area contributed by atoms with Crippen molar-refractivity contribution >= 4 is 5.91 Å². The summed E-state index contributed by atoms with van der Waals surface area (Å²) in [5.74, 6) is 0.812. The second-order valence-corrected chi connectivity index (χ2v) is 6.98. The van der Waals surface area contributed by atoms with Gasteiger partial charge in [0, 0.05) is 13.1 Å². The highest BCUT2D eigenvalue weighted by Gasteiger charge is 2.41. The van der Waals surface area contributed by atoms with Gasteiger partial charge in [0.15, 0.2) is 0 Å². The molecule has 1 aromatic carbocycles. The van der Waals surface area contributed by atoms with Crippen LogP contribution in [0.4, 0.5) is 0 Å². The molecule has 2 fully saturated rings. The molecule has 24 heavy (non-hydrogen) atoms. The lowest BCUT2D eigenvalue weighted by Gasteiger charge is -2.32. The summed E-state index contributed by atoms with van der Waals surface area (Å²) in [6.45, 7) is 2.16. The number of aliphatic hydroxyl groups excluding tert-OH is 1. The van der Waals surface area contributed by atoms with Gasteiger partial charge in [-0.2, -0.15) is 0 Å². The quantitative estimate of drug-likeness (QED) is 0.891. The van der Waals surface area contributed by atoms with Gasteiger partial charge in [0.1, 0.15) is 5.75 Å². The summed E-state index contributed by atoms with van der Waals surface area (Å²) in [7, 11) is 3.45. The molecule has 0 unspecified atom stereocenters. The molecule has 1 aliphatic carbocycles. The predicted octanol–water partition coefficient (Wildman–Crippen LogP) is 1.68. The van der Waals surface area contributed by atoms with Crippen LogP contribution in [0.2, 0.25) is 0 Å². The number of likely N-dealkylation sites (N-methyl/N-ethyl adjacent to an activating group) is 1. The number of methoxy groups -OCH3 is 1. The normalized spacial score (nSPS) is 27.4. The van der Waals surface area contributed by atoms with Crippen LogP contribution in [0.5, 0.6) is 5.75 Å². The minimum absolute atomic E-state index is 0.0503. The summed E-state index contributed by atoms with van der Waals surface area (Å²) in [5, 5.41) is 10.7. The fourth-order valence-corrected chi connectivity index (χ4v) is 4.10. The van der Waals surface area contributed by atoms with E-state index in [4.69, 9.17) is 4.74 Å². The third-order valence-electron chi connectivity index (χ3n) is 5.54. The van der Waals surface area contributed by atoms with Crippen molar-refractivity contribution in [2.24, 2.45) is 0 Å². The molecule has 0 aromatic heterocycles. The minimum atomic E-state index is -0.442. The number of carbonyl (C=O) groups excluding carboxylic acids is 1. The Morgan fingerprint density at radius 1 is 1.33 bits per heavy atom. The SMILES string of the molecule is COc1cccc(CC(=O)N(C)[C@@H]2CC[C@@H](N3CCCC3)[C@@H]2O)c1. The van der Waals surface area contributed by atoms with Crippen molar-refractivity contribution < 1.29 is 14.6 Å². The summed E-state index contributed by atoms with van der Waals surface area (Å²) < 4.78 is 5.21. The second kappa shape index (κ2) is 7.53. The number of amides is 1. The number of ether oxygens (including phenoxy) is 1. The number of hydrogen-bond acceptors (Lipinski definition) is 4. The highest BCUT2D eigenvalue weighted by atomic mass is 16.5. The van der Waals surface area contributed by atoms with Gasteiger partial charge in [-0.25, -0.2) is 0 Å². The lowest BCUT2D eigenvalue weighted by atomic mass is 10.1. The van der Waals surface area contributed by atoms with E-state index in [1.54, 1.807) is 12.0 Å². The number of carbonyl (C=O) groups is 1. The molecule has 1 amide bonds. The zero-order chi connectivity index (χ0) is 17.1. The Bertz CT molecular complexity index is 571. The van der Waals surface area contributed by atoms with E-state index >= 15 is 0 Å². The second-order valence-electron chi connectivity index (χ2n) is 6.98. The van der Waals surface area contributed by atoms with E-state index in [0.29, 0.717) is 6.42 Å². The van der Waals surface area contributed by atoms with Crippen molar-refractivity contribution in [2.75, 3.05) is 27.2 Å². The van der Waals surface area contributed by atoms with Gasteiger partial charge in [0.25, 0.3) is 0 Å². The molecule has 1 saturated carbocycles. The standard InChI is InChI=1S/C19H28N2O3/c1-20(18(22)13-14-6-5-7-15(12-14)24-2)16-8-9-17(19(16)23)21-10-3-4-11-21/h5-7,12,16-17,19,23H,3-4,8-11,13H2,1-2H3/t16-,17-,19-/m1/s1. The summed E-state index contributed by atoms with van der Waals surface area (Å²) in [5.41, 5.74) is 0.940. The van der Waals surface area contributed by atoms with Crippen LogP contribution in [0.1, 0.15) is 31.2 Å². The molecular weight excluding hydrogens is 304 g/mol. The topological polar surface area (TPSA) is 53.0 Å². The van der Waals surface area contributed by atoms with Gasteiger partial charge in [0.05, 0.1) is 25.7 Å². The maximum absolute atomic E-state index is 12.6. The smallest absolute Gasteiger partial charge is 0.227 e. The van der Waals surface area contributed by atoms with E-state index in [1.165, 1.54) is 12.8 Å². The molecular formula is C19H28N2O3. The van der Waals surface area contributed by atoms with Crippen LogP contribution in [0.3, 0.4) is 0 Å². The third kappa shape index (κ3) is 3.57. The largest absolute Gasteiger partial charge is 0.497 e. The number of aliphatic hydroxyl groups is 1. The molecule has 3 atom stereocenters. The van der Waals surface area contributed by atoms with Crippen molar-refractivity contribution in [1.29, 1.82) is 0 Å². The minimum Gasteiger partial charge on any atom is -0.497 e. The Hall–Kier alpha value is -1.59. The molecule has 0 bridgehead atoms. The monoisotopic (exact) mass is 332 g/mol. The maximum Gasteiger partial charge on any atom is 0.227 e. The fourth-order valence-electron chi connectivity index (χ4n) is 4.10. The van der Waals surface area contributed by atoms with Crippen molar-refractivity contribution in [1.82, 2.24) is 9.80 Å². The first-order valence-corrected chi connectivity index (χ1v) is 8.91. The molecule has 1 heterocycles. The van der Waals surface area contributed by atoms with Crippen molar-refractivity contribution in [3.05, 3.63) is 29.8 Å². The molecule has 0 radical (unpaired) electrons. The molecule has 3 rings (SSSR count). The van der Waals surface area contributed by atoms with Gasteiger partial charge in [0.2, 0.25) is 5.91 Å². The number of nitrogens with zero attached hydrogens (tertiary/aromatic N) is 2. The van der Waals surface area contributed by atoms with Crippen molar-refractivity contribution in [3.8, 4) is 5.75 Å². The van der Waals surface area contributed by atoms with E-state index < -0.39 is 6.10 Å². The van der Waals surface area contributed by atoms with E-state index in [2.05, 4.69) is 4.90 Å². The molecule has 2 aliphatic rings. The highest BCUT2D eigenvalue weighted by Crippen LogP contribution is 2.30. The number of hydrogen-bond donors (Lipinski definition) is 1. The third-order valence-corrected chi connectivity index (χ3v) is 5.54. The first-order valence-electron chi connectivity index (χ1n) is 8.91. The molecule has 1 aliphatic heterocycles. The Morgan fingerprint density at radius 3 is 2.79 bits per heavy atom.